The normalized spacial score (nSPS) is 12.8. The molecule has 20 heavy (non-hydrogen) atoms. The van der Waals surface area contributed by atoms with Crippen LogP contribution >= 0.6 is 0 Å². The number of aromatic nitrogens is 2. The summed E-state index contributed by atoms with van der Waals surface area (Å²) in [5.74, 6) is -0.204. The summed E-state index contributed by atoms with van der Waals surface area (Å²) in [5, 5.41) is 9.31. The van der Waals surface area contributed by atoms with Crippen molar-refractivity contribution < 1.29 is 19.4 Å². The van der Waals surface area contributed by atoms with Gasteiger partial charge in [0.2, 0.25) is 0 Å². The van der Waals surface area contributed by atoms with Crippen molar-refractivity contribution >= 4 is 17.0 Å². The van der Waals surface area contributed by atoms with Crippen LogP contribution in [0.3, 0.4) is 0 Å². The molecular weight excluding hydrogens is 260 g/mol. The van der Waals surface area contributed by atoms with Gasteiger partial charge in [0.15, 0.2) is 0 Å². The highest BCUT2D eigenvalue weighted by Gasteiger charge is 2.18. The Hall–Kier alpha value is -1.92. The number of fused-ring (bicyclic) bond motifs is 1. The summed E-state index contributed by atoms with van der Waals surface area (Å²) >= 11 is 0. The molecule has 108 valence electrons. The van der Waals surface area contributed by atoms with Gasteiger partial charge in [-0.2, -0.15) is 0 Å². The molecule has 0 bridgehead atoms. The van der Waals surface area contributed by atoms with Gasteiger partial charge in [-0.05, 0) is 19.1 Å². The molecule has 1 atom stereocenters. The number of carboxylic acids is 1. The fourth-order valence-corrected chi connectivity index (χ4v) is 2.28. The number of methoxy groups -OCH3 is 2. The smallest absolute Gasteiger partial charge is 0.337 e. The fourth-order valence-electron chi connectivity index (χ4n) is 2.28. The topological polar surface area (TPSA) is 73.6 Å². The average Bonchev–Trinajstić information content (AvgIpc) is 2.74. The van der Waals surface area contributed by atoms with Crippen molar-refractivity contribution in [3.63, 3.8) is 0 Å². The van der Waals surface area contributed by atoms with Crippen LogP contribution in [0.4, 0.5) is 0 Å². The highest BCUT2D eigenvalue weighted by molar-refractivity contribution is 6.01. The van der Waals surface area contributed by atoms with Crippen molar-refractivity contribution in [2.24, 2.45) is 0 Å². The minimum atomic E-state index is -0.961. The number of hydrogen-bond donors (Lipinski definition) is 1. The van der Waals surface area contributed by atoms with Crippen LogP contribution in [-0.4, -0.2) is 47.6 Å². The molecule has 0 aliphatic heterocycles. The highest BCUT2D eigenvalue weighted by atomic mass is 16.5. The summed E-state index contributed by atoms with van der Waals surface area (Å²) in [4.78, 5) is 15.8. The van der Waals surface area contributed by atoms with E-state index in [1.807, 2.05) is 17.6 Å². The average molecular weight is 278 g/mol. The lowest BCUT2D eigenvalue weighted by Crippen LogP contribution is -2.24. The Labute approximate surface area is 116 Å². The van der Waals surface area contributed by atoms with Gasteiger partial charge in [-0.1, -0.05) is 6.07 Å². The first kappa shape index (κ1) is 14.5. The number of carbonyl (C=O) groups is 1. The Morgan fingerprint density at radius 3 is 2.80 bits per heavy atom. The fraction of sp³-hybridized carbons (Fsp3) is 0.429. The standard InChI is InChI=1S/C14H18N2O4/c1-9-15-12-6-4-5-11(14(17)18)13(12)16(9)7-10(20-3)8-19-2/h4-6,10H,7-8H2,1-3H3,(H,17,18). The third kappa shape index (κ3) is 2.66. The maximum atomic E-state index is 11.4. The van der Waals surface area contributed by atoms with Crippen LogP contribution in [0, 0.1) is 6.92 Å². The highest BCUT2D eigenvalue weighted by Crippen LogP contribution is 2.21. The Balaban J connectivity index is 2.51. The molecule has 0 radical (unpaired) electrons. The predicted octanol–water partition coefficient (Wildman–Crippen LogP) is 1.70. The van der Waals surface area contributed by atoms with Crippen LogP contribution in [0.15, 0.2) is 18.2 Å². The van der Waals surface area contributed by atoms with Crippen molar-refractivity contribution in [1.82, 2.24) is 9.55 Å². The first-order valence-electron chi connectivity index (χ1n) is 6.29. The zero-order valence-corrected chi connectivity index (χ0v) is 11.8. The van der Waals surface area contributed by atoms with Gasteiger partial charge in [0.05, 0.1) is 35.9 Å². The van der Waals surface area contributed by atoms with E-state index in [1.165, 1.54) is 0 Å². The summed E-state index contributed by atoms with van der Waals surface area (Å²) in [6.07, 6.45) is -0.155. The molecular formula is C14H18N2O4. The van der Waals surface area contributed by atoms with Crippen molar-refractivity contribution in [2.75, 3.05) is 20.8 Å². The number of para-hydroxylation sites is 1. The molecule has 1 heterocycles. The monoisotopic (exact) mass is 278 g/mol. The molecule has 1 unspecified atom stereocenters. The quantitative estimate of drug-likeness (QED) is 0.870. The maximum absolute atomic E-state index is 11.4. The van der Waals surface area contributed by atoms with Crippen LogP contribution in [0.25, 0.3) is 11.0 Å². The lowest BCUT2D eigenvalue weighted by atomic mass is 10.2. The van der Waals surface area contributed by atoms with Gasteiger partial charge in [-0.3, -0.25) is 0 Å². The van der Waals surface area contributed by atoms with Gasteiger partial charge in [-0.15, -0.1) is 0 Å². The molecule has 0 amide bonds. The van der Waals surface area contributed by atoms with E-state index in [1.54, 1.807) is 26.4 Å². The van der Waals surface area contributed by atoms with E-state index in [0.717, 1.165) is 5.82 Å². The lowest BCUT2D eigenvalue weighted by molar-refractivity contribution is 0.0186. The molecule has 0 saturated carbocycles. The first-order chi connectivity index (χ1) is 9.58. The number of hydrogen-bond acceptors (Lipinski definition) is 4. The zero-order chi connectivity index (χ0) is 14.7. The molecule has 1 N–H and O–H groups in total. The Kier molecular flexibility index (Phi) is 4.36. The van der Waals surface area contributed by atoms with Gasteiger partial charge in [0, 0.05) is 14.2 Å². The second kappa shape index (κ2) is 6.02. The molecule has 0 spiro atoms. The molecule has 0 fully saturated rings. The third-order valence-electron chi connectivity index (χ3n) is 3.26. The number of carboxylic acid groups (broad SMARTS) is 1. The SMILES string of the molecule is COCC(Cn1c(C)nc2cccc(C(=O)O)c21)OC. The first-order valence-corrected chi connectivity index (χ1v) is 6.29. The number of aryl methyl sites for hydroxylation is 1. The summed E-state index contributed by atoms with van der Waals surface area (Å²) in [6.45, 7) is 2.78. The molecule has 6 nitrogen and oxygen atoms in total. The molecule has 2 rings (SSSR count). The van der Waals surface area contributed by atoms with Crippen molar-refractivity contribution in [1.29, 1.82) is 0 Å². The van der Waals surface area contributed by atoms with E-state index in [-0.39, 0.29) is 11.7 Å². The molecule has 1 aromatic heterocycles. The zero-order valence-electron chi connectivity index (χ0n) is 11.8. The van der Waals surface area contributed by atoms with Crippen LogP contribution in [0.2, 0.25) is 0 Å². The molecule has 6 heteroatoms. The number of imidazole rings is 1. The van der Waals surface area contributed by atoms with Crippen molar-refractivity contribution in [3.8, 4) is 0 Å². The molecule has 0 aliphatic carbocycles. The van der Waals surface area contributed by atoms with E-state index in [9.17, 15) is 9.90 Å². The van der Waals surface area contributed by atoms with Gasteiger partial charge in [0.1, 0.15) is 5.82 Å². The van der Waals surface area contributed by atoms with E-state index < -0.39 is 5.97 Å². The van der Waals surface area contributed by atoms with Crippen LogP contribution < -0.4 is 0 Å². The molecule has 0 aliphatic rings. The van der Waals surface area contributed by atoms with E-state index in [2.05, 4.69) is 4.98 Å². The minimum absolute atomic E-state index is 0.155. The second-order valence-electron chi connectivity index (χ2n) is 4.56. The summed E-state index contributed by atoms with van der Waals surface area (Å²) in [5.41, 5.74) is 1.54. The number of nitrogens with zero attached hydrogens (tertiary/aromatic N) is 2. The molecule has 1 aromatic carbocycles. The summed E-state index contributed by atoms with van der Waals surface area (Å²) < 4.78 is 12.3. The van der Waals surface area contributed by atoms with Gasteiger partial charge in [-0.25, -0.2) is 9.78 Å². The van der Waals surface area contributed by atoms with Crippen LogP contribution in [0.1, 0.15) is 16.2 Å². The Morgan fingerprint density at radius 1 is 1.45 bits per heavy atom. The maximum Gasteiger partial charge on any atom is 0.337 e. The minimum Gasteiger partial charge on any atom is -0.478 e. The molecule has 2 aromatic rings. The van der Waals surface area contributed by atoms with Crippen LogP contribution in [0.5, 0.6) is 0 Å². The van der Waals surface area contributed by atoms with Gasteiger partial charge < -0.3 is 19.1 Å². The molecule has 0 saturated heterocycles. The number of benzene rings is 1. The van der Waals surface area contributed by atoms with Crippen molar-refractivity contribution in [3.05, 3.63) is 29.6 Å². The Bertz CT molecular complexity index is 621. The largest absolute Gasteiger partial charge is 0.478 e. The van der Waals surface area contributed by atoms with E-state index >= 15 is 0 Å². The van der Waals surface area contributed by atoms with Crippen LogP contribution in [-0.2, 0) is 16.0 Å². The summed E-state index contributed by atoms with van der Waals surface area (Å²) in [7, 11) is 3.21. The second-order valence-corrected chi connectivity index (χ2v) is 4.56. The van der Waals surface area contributed by atoms with Gasteiger partial charge in [0.25, 0.3) is 0 Å². The summed E-state index contributed by atoms with van der Waals surface area (Å²) in [6, 6.07) is 5.09. The lowest BCUT2D eigenvalue weighted by Gasteiger charge is -2.17. The third-order valence-corrected chi connectivity index (χ3v) is 3.26. The number of ether oxygens (including phenoxy) is 2. The van der Waals surface area contributed by atoms with Crippen molar-refractivity contribution in [2.45, 2.75) is 19.6 Å². The van der Waals surface area contributed by atoms with Gasteiger partial charge >= 0.3 is 5.97 Å². The Morgan fingerprint density at radius 2 is 2.20 bits per heavy atom. The number of aromatic carboxylic acids is 1. The van der Waals surface area contributed by atoms with E-state index in [0.29, 0.717) is 24.2 Å². The predicted molar refractivity (Wildman–Crippen MR) is 74.1 cm³/mol. The number of rotatable bonds is 6. The van der Waals surface area contributed by atoms with E-state index in [4.69, 9.17) is 9.47 Å².